The SMILES string of the molecule is CN(C)C(=O)[C@@H]1CCCN1NCC=O. The number of aldehydes is 1. The molecule has 1 aliphatic rings. The van der Waals surface area contributed by atoms with Gasteiger partial charge >= 0.3 is 0 Å². The minimum Gasteiger partial charge on any atom is -0.347 e. The highest BCUT2D eigenvalue weighted by molar-refractivity contribution is 5.81. The van der Waals surface area contributed by atoms with Crippen LogP contribution < -0.4 is 5.43 Å². The van der Waals surface area contributed by atoms with Crippen LogP contribution >= 0.6 is 0 Å². The number of nitrogens with one attached hydrogen (secondary N) is 1. The Bertz CT molecular complexity index is 218. The van der Waals surface area contributed by atoms with E-state index in [1.165, 1.54) is 0 Å². The number of likely N-dealkylation sites (N-methyl/N-ethyl adjacent to an activating group) is 1. The second-order valence-corrected chi connectivity index (χ2v) is 3.61. The van der Waals surface area contributed by atoms with Crippen molar-refractivity contribution in [1.29, 1.82) is 0 Å². The molecule has 1 aliphatic heterocycles. The molecule has 0 aromatic rings. The van der Waals surface area contributed by atoms with Gasteiger partial charge in [-0.3, -0.25) is 4.79 Å². The van der Waals surface area contributed by atoms with Crippen LogP contribution in [0.25, 0.3) is 0 Å². The lowest BCUT2D eigenvalue weighted by molar-refractivity contribution is -0.134. The fourth-order valence-corrected chi connectivity index (χ4v) is 1.67. The van der Waals surface area contributed by atoms with Crippen LogP contribution in [-0.4, -0.2) is 55.3 Å². The molecule has 1 N–H and O–H groups in total. The predicted octanol–water partition coefficient (Wildman–Crippen LogP) is -0.757. The number of carbonyl (C=O) groups excluding carboxylic acids is 2. The molecule has 0 aliphatic carbocycles. The average molecular weight is 199 g/mol. The number of hydrogen-bond acceptors (Lipinski definition) is 4. The molecule has 0 unspecified atom stereocenters. The van der Waals surface area contributed by atoms with Gasteiger partial charge < -0.3 is 9.69 Å². The molecule has 80 valence electrons. The first-order chi connectivity index (χ1) is 6.66. The van der Waals surface area contributed by atoms with E-state index in [2.05, 4.69) is 5.43 Å². The lowest BCUT2D eigenvalue weighted by Gasteiger charge is -2.25. The molecule has 1 fully saturated rings. The minimum absolute atomic E-state index is 0.0981. The zero-order valence-corrected chi connectivity index (χ0v) is 8.69. The van der Waals surface area contributed by atoms with Gasteiger partial charge in [0.2, 0.25) is 5.91 Å². The Labute approximate surface area is 84.0 Å². The van der Waals surface area contributed by atoms with E-state index in [-0.39, 0.29) is 18.5 Å². The van der Waals surface area contributed by atoms with E-state index in [0.29, 0.717) is 0 Å². The Balaban J connectivity index is 2.50. The minimum atomic E-state index is -0.107. The van der Waals surface area contributed by atoms with Gasteiger partial charge in [0, 0.05) is 20.6 Å². The molecule has 1 heterocycles. The maximum Gasteiger partial charge on any atom is 0.240 e. The van der Waals surface area contributed by atoms with Crippen molar-refractivity contribution < 1.29 is 9.59 Å². The Morgan fingerprint density at radius 3 is 2.93 bits per heavy atom. The molecule has 5 nitrogen and oxygen atoms in total. The van der Waals surface area contributed by atoms with E-state index in [1.807, 2.05) is 5.01 Å². The normalized spacial score (nSPS) is 22.3. The molecule has 1 rings (SSSR count). The number of nitrogens with zero attached hydrogens (tertiary/aromatic N) is 2. The lowest BCUT2D eigenvalue weighted by Crippen LogP contribution is -2.49. The van der Waals surface area contributed by atoms with Gasteiger partial charge in [0.1, 0.15) is 12.3 Å². The summed E-state index contributed by atoms with van der Waals surface area (Å²) in [5.74, 6) is 0.0981. The molecule has 0 aromatic heterocycles. The van der Waals surface area contributed by atoms with E-state index in [4.69, 9.17) is 0 Å². The van der Waals surface area contributed by atoms with Crippen molar-refractivity contribution in [3.63, 3.8) is 0 Å². The van der Waals surface area contributed by atoms with Crippen LogP contribution in [0, 0.1) is 0 Å². The maximum atomic E-state index is 11.7. The second-order valence-electron chi connectivity index (χ2n) is 3.61. The number of amides is 1. The highest BCUT2D eigenvalue weighted by atomic mass is 16.2. The lowest BCUT2D eigenvalue weighted by atomic mass is 10.2. The van der Waals surface area contributed by atoms with Crippen LogP contribution in [0.1, 0.15) is 12.8 Å². The summed E-state index contributed by atoms with van der Waals surface area (Å²) in [5, 5.41) is 1.86. The molecule has 1 saturated heterocycles. The van der Waals surface area contributed by atoms with Crippen LogP contribution in [0.2, 0.25) is 0 Å². The van der Waals surface area contributed by atoms with Crippen molar-refractivity contribution in [2.24, 2.45) is 0 Å². The predicted molar refractivity (Wildman–Crippen MR) is 52.5 cm³/mol. The van der Waals surface area contributed by atoms with Gasteiger partial charge in [-0.1, -0.05) is 0 Å². The number of rotatable bonds is 4. The Morgan fingerprint density at radius 1 is 1.64 bits per heavy atom. The highest BCUT2D eigenvalue weighted by Crippen LogP contribution is 2.15. The Morgan fingerprint density at radius 2 is 2.36 bits per heavy atom. The zero-order chi connectivity index (χ0) is 10.6. The summed E-state index contributed by atoms with van der Waals surface area (Å²) >= 11 is 0. The molecule has 5 heteroatoms. The fourth-order valence-electron chi connectivity index (χ4n) is 1.67. The average Bonchev–Trinajstić information content (AvgIpc) is 2.61. The standard InChI is InChI=1S/C9H17N3O2/c1-11(2)9(14)8-4-3-6-12(8)10-5-7-13/h7-8,10H,3-6H2,1-2H3/t8-/m0/s1. The summed E-state index contributed by atoms with van der Waals surface area (Å²) in [5.41, 5.74) is 2.93. The first-order valence-corrected chi connectivity index (χ1v) is 4.81. The van der Waals surface area contributed by atoms with Crippen molar-refractivity contribution in [3.8, 4) is 0 Å². The van der Waals surface area contributed by atoms with Gasteiger partial charge in [-0.15, -0.1) is 0 Å². The van der Waals surface area contributed by atoms with Crippen LogP contribution in [0.3, 0.4) is 0 Å². The van der Waals surface area contributed by atoms with Gasteiger partial charge in [-0.2, -0.15) is 0 Å². The first-order valence-electron chi connectivity index (χ1n) is 4.81. The molecule has 0 saturated carbocycles. The smallest absolute Gasteiger partial charge is 0.240 e. The van der Waals surface area contributed by atoms with E-state index in [1.54, 1.807) is 19.0 Å². The van der Waals surface area contributed by atoms with E-state index in [9.17, 15) is 9.59 Å². The van der Waals surface area contributed by atoms with Crippen LogP contribution in [0.4, 0.5) is 0 Å². The van der Waals surface area contributed by atoms with Crippen LogP contribution in [-0.2, 0) is 9.59 Å². The zero-order valence-electron chi connectivity index (χ0n) is 8.69. The molecule has 0 aromatic carbocycles. The topological polar surface area (TPSA) is 52.7 Å². The van der Waals surface area contributed by atoms with E-state index >= 15 is 0 Å². The third-order valence-corrected chi connectivity index (χ3v) is 2.36. The van der Waals surface area contributed by atoms with Crippen molar-refractivity contribution in [1.82, 2.24) is 15.3 Å². The summed E-state index contributed by atoms with van der Waals surface area (Å²) in [6.45, 7) is 1.11. The first kappa shape index (κ1) is 11.1. The second kappa shape index (κ2) is 5.07. The summed E-state index contributed by atoms with van der Waals surface area (Å²) in [7, 11) is 3.50. The summed E-state index contributed by atoms with van der Waals surface area (Å²) in [4.78, 5) is 23.5. The van der Waals surface area contributed by atoms with Gasteiger partial charge in [-0.05, 0) is 12.8 Å². The van der Waals surface area contributed by atoms with Gasteiger partial charge in [0.25, 0.3) is 0 Å². The van der Waals surface area contributed by atoms with Crippen LogP contribution in [0.5, 0.6) is 0 Å². The van der Waals surface area contributed by atoms with E-state index < -0.39 is 0 Å². The largest absolute Gasteiger partial charge is 0.347 e. The van der Waals surface area contributed by atoms with Gasteiger partial charge in [0.15, 0.2) is 0 Å². The Kier molecular flexibility index (Phi) is 4.03. The molecular weight excluding hydrogens is 182 g/mol. The summed E-state index contributed by atoms with van der Waals surface area (Å²) in [6, 6.07) is -0.107. The van der Waals surface area contributed by atoms with Crippen molar-refractivity contribution in [2.45, 2.75) is 18.9 Å². The third-order valence-electron chi connectivity index (χ3n) is 2.36. The molecule has 0 radical (unpaired) electrons. The highest BCUT2D eigenvalue weighted by Gasteiger charge is 2.31. The van der Waals surface area contributed by atoms with Crippen molar-refractivity contribution >= 4 is 12.2 Å². The van der Waals surface area contributed by atoms with Crippen molar-refractivity contribution in [3.05, 3.63) is 0 Å². The third kappa shape index (κ3) is 2.52. The fraction of sp³-hybridized carbons (Fsp3) is 0.778. The molecule has 0 spiro atoms. The van der Waals surface area contributed by atoms with Gasteiger partial charge in [0.05, 0.1) is 6.54 Å². The molecule has 14 heavy (non-hydrogen) atoms. The maximum absolute atomic E-state index is 11.7. The molecule has 0 bridgehead atoms. The number of hydrazine groups is 1. The number of hydrogen-bond donors (Lipinski definition) is 1. The quantitative estimate of drug-likeness (QED) is 0.605. The van der Waals surface area contributed by atoms with E-state index in [0.717, 1.165) is 25.7 Å². The number of carbonyl (C=O) groups is 2. The molecule has 1 amide bonds. The Hall–Kier alpha value is -0.940. The van der Waals surface area contributed by atoms with Crippen molar-refractivity contribution in [2.75, 3.05) is 27.2 Å². The summed E-state index contributed by atoms with van der Waals surface area (Å²) in [6.07, 6.45) is 2.66. The van der Waals surface area contributed by atoms with Crippen LogP contribution in [0.15, 0.2) is 0 Å². The monoisotopic (exact) mass is 199 g/mol. The van der Waals surface area contributed by atoms with Gasteiger partial charge in [-0.25, -0.2) is 10.4 Å². The molecule has 1 atom stereocenters. The summed E-state index contributed by atoms with van der Waals surface area (Å²) < 4.78 is 0. The molecular formula is C9H17N3O2.